The Morgan fingerprint density at radius 2 is 1.83 bits per heavy atom. The Hall–Kier alpha value is -2.01. The quantitative estimate of drug-likeness (QED) is 0.757. The maximum absolute atomic E-state index is 13.0. The van der Waals surface area contributed by atoms with Crippen molar-refractivity contribution in [1.82, 2.24) is 0 Å². The van der Waals surface area contributed by atoms with E-state index in [-0.39, 0.29) is 5.91 Å². The van der Waals surface area contributed by atoms with Gasteiger partial charge in [-0.15, -0.1) is 0 Å². The van der Waals surface area contributed by atoms with E-state index >= 15 is 0 Å². The van der Waals surface area contributed by atoms with Crippen molar-refractivity contribution in [3.63, 3.8) is 0 Å². The molecule has 1 heterocycles. The fourth-order valence-electron chi connectivity index (χ4n) is 2.90. The van der Waals surface area contributed by atoms with Crippen LogP contribution < -0.4 is 14.4 Å². The molecule has 0 N–H and O–H groups in total. The molecule has 126 valence electrons. The van der Waals surface area contributed by atoms with E-state index in [1.807, 2.05) is 30.9 Å². The van der Waals surface area contributed by atoms with Gasteiger partial charge in [0.2, 0.25) is 0 Å². The first kappa shape index (κ1) is 16.8. The highest BCUT2D eigenvalue weighted by atomic mass is 79.9. The largest absolute Gasteiger partial charge is 0.490 e. The molecular formula is C19H20BrNO3. The second-order valence-corrected chi connectivity index (χ2v) is 6.42. The highest BCUT2D eigenvalue weighted by Crippen LogP contribution is 2.34. The molecule has 0 aliphatic carbocycles. The molecule has 1 aliphatic rings. The highest BCUT2D eigenvalue weighted by molar-refractivity contribution is 9.10. The lowest BCUT2D eigenvalue weighted by Crippen LogP contribution is -2.28. The molecule has 0 saturated heterocycles. The van der Waals surface area contributed by atoms with Crippen LogP contribution >= 0.6 is 15.9 Å². The maximum atomic E-state index is 13.0. The highest BCUT2D eigenvalue weighted by Gasteiger charge is 2.26. The maximum Gasteiger partial charge on any atom is 0.258 e. The zero-order chi connectivity index (χ0) is 17.1. The molecule has 0 atom stereocenters. The van der Waals surface area contributed by atoms with Crippen molar-refractivity contribution in [3.8, 4) is 11.5 Å². The van der Waals surface area contributed by atoms with Crippen LogP contribution in [0.2, 0.25) is 0 Å². The number of benzene rings is 2. The average molecular weight is 390 g/mol. The molecule has 24 heavy (non-hydrogen) atoms. The van der Waals surface area contributed by atoms with Gasteiger partial charge in [0.25, 0.3) is 5.91 Å². The van der Waals surface area contributed by atoms with Crippen LogP contribution in [0.3, 0.4) is 0 Å². The van der Waals surface area contributed by atoms with Gasteiger partial charge in [-0.05, 0) is 56.2 Å². The van der Waals surface area contributed by atoms with Gasteiger partial charge in [-0.3, -0.25) is 4.79 Å². The van der Waals surface area contributed by atoms with Gasteiger partial charge in [-0.1, -0.05) is 22.0 Å². The summed E-state index contributed by atoms with van der Waals surface area (Å²) in [7, 11) is 0. The number of fused-ring (bicyclic) bond motifs is 1. The van der Waals surface area contributed by atoms with Crippen LogP contribution in [-0.4, -0.2) is 25.7 Å². The molecular weight excluding hydrogens is 370 g/mol. The van der Waals surface area contributed by atoms with E-state index in [1.54, 1.807) is 18.2 Å². The van der Waals surface area contributed by atoms with Gasteiger partial charge in [-0.2, -0.15) is 0 Å². The van der Waals surface area contributed by atoms with Crippen LogP contribution in [0.5, 0.6) is 11.5 Å². The number of halogens is 1. The SMILES string of the molecule is CCOc1ccc(C(=O)N2CCc3ccc(Br)cc32)cc1OCC. The number of anilines is 1. The molecule has 0 fully saturated rings. The molecule has 4 nitrogen and oxygen atoms in total. The van der Waals surface area contributed by atoms with Crippen LogP contribution in [0, 0.1) is 0 Å². The fourth-order valence-corrected chi connectivity index (χ4v) is 3.25. The first-order valence-corrected chi connectivity index (χ1v) is 8.93. The van der Waals surface area contributed by atoms with E-state index < -0.39 is 0 Å². The minimum atomic E-state index is -0.0177. The van der Waals surface area contributed by atoms with Crippen LogP contribution in [0.1, 0.15) is 29.8 Å². The third-order valence-electron chi connectivity index (χ3n) is 3.98. The van der Waals surface area contributed by atoms with E-state index in [2.05, 4.69) is 22.0 Å². The summed E-state index contributed by atoms with van der Waals surface area (Å²) in [5.74, 6) is 1.26. The Bertz CT molecular complexity index is 760. The Balaban J connectivity index is 1.91. The average Bonchev–Trinajstić information content (AvgIpc) is 2.99. The molecule has 0 saturated carbocycles. The summed E-state index contributed by atoms with van der Waals surface area (Å²) in [6.45, 7) is 5.62. The minimum Gasteiger partial charge on any atom is -0.490 e. The van der Waals surface area contributed by atoms with Crippen molar-refractivity contribution in [1.29, 1.82) is 0 Å². The summed E-state index contributed by atoms with van der Waals surface area (Å²) in [6.07, 6.45) is 0.879. The molecule has 0 radical (unpaired) electrons. The second kappa shape index (κ2) is 7.26. The molecule has 0 aromatic heterocycles. The molecule has 0 unspecified atom stereocenters. The topological polar surface area (TPSA) is 38.8 Å². The zero-order valence-electron chi connectivity index (χ0n) is 13.8. The van der Waals surface area contributed by atoms with Gasteiger partial charge in [0.1, 0.15) is 0 Å². The summed E-state index contributed by atoms with van der Waals surface area (Å²) in [6, 6.07) is 11.4. The van der Waals surface area contributed by atoms with E-state index in [0.29, 0.717) is 36.8 Å². The van der Waals surface area contributed by atoms with Gasteiger partial charge < -0.3 is 14.4 Å². The zero-order valence-corrected chi connectivity index (χ0v) is 15.4. The Labute approximate surface area is 150 Å². The third kappa shape index (κ3) is 3.26. The van der Waals surface area contributed by atoms with Crippen molar-refractivity contribution in [2.24, 2.45) is 0 Å². The molecule has 1 amide bonds. The number of carbonyl (C=O) groups excluding carboxylic acids is 1. The van der Waals surface area contributed by atoms with Crippen LogP contribution in [0.15, 0.2) is 40.9 Å². The van der Waals surface area contributed by atoms with Crippen molar-refractivity contribution >= 4 is 27.5 Å². The lowest BCUT2D eigenvalue weighted by Gasteiger charge is -2.19. The van der Waals surface area contributed by atoms with Gasteiger partial charge in [0.05, 0.1) is 13.2 Å². The number of rotatable bonds is 5. The first-order chi connectivity index (χ1) is 11.6. The molecule has 0 bridgehead atoms. The normalized spacial score (nSPS) is 12.9. The lowest BCUT2D eigenvalue weighted by molar-refractivity contribution is 0.0989. The molecule has 2 aromatic rings. The van der Waals surface area contributed by atoms with Crippen molar-refractivity contribution in [2.75, 3.05) is 24.7 Å². The van der Waals surface area contributed by atoms with E-state index in [0.717, 1.165) is 16.6 Å². The number of carbonyl (C=O) groups is 1. The van der Waals surface area contributed by atoms with Crippen LogP contribution in [0.4, 0.5) is 5.69 Å². The summed E-state index contributed by atoms with van der Waals surface area (Å²) < 4.78 is 12.2. The molecule has 1 aliphatic heterocycles. The number of hydrogen-bond donors (Lipinski definition) is 0. The summed E-state index contributed by atoms with van der Waals surface area (Å²) in [5, 5.41) is 0. The second-order valence-electron chi connectivity index (χ2n) is 5.51. The standard InChI is InChI=1S/C19H20BrNO3/c1-3-23-17-8-6-14(11-18(17)24-4-2)19(22)21-10-9-13-5-7-15(20)12-16(13)21/h5-8,11-12H,3-4,9-10H2,1-2H3. The van der Waals surface area contributed by atoms with E-state index in [4.69, 9.17) is 9.47 Å². The lowest BCUT2D eigenvalue weighted by atomic mass is 10.1. The van der Waals surface area contributed by atoms with Crippen LogP contribution in [0.25, 0.3) is 0 Å². The summed E-state index contributed by atoms with van der Waals surface area (Å²) in [4.78, 5) is 14.8. The first-order valence-electron chi connectivity index (χ1n) is 8.14. The Kier molecular flexibility index (Phi) is 5.09. The molecule has 0 spiro atoms. The van der Waals surface area contributed by atoms with Gasteiger partial charge >= 0.3 is 0 Å². The summed E-state index contributed by atoms with van der Waals surface area (Å²) in [5.41, 5.74) is 2.78. The molecule has 5 heteroatoms. The van der Waals surface area contributed by atoms with Crippen molar-refractivity contribution < 1.29 is 14.3 Å². The van der Waals surface area contributed by atoms with Gasteiger partial charge in [-0.25, -0.2) is 0 Å². The van der Waals surface area contributed by atoms with Crippen molar-refractivity contribution in [3.05, 3.63) is 52.0 Å². The Morgan fingerprint density at radius 3 is 2.58 bits per heavy atom. The predicted octanol–water partition coefficient (Wildman–Crippen LogP) is 4.45. The Morgan fingerprint density at radius 1 is 1.08 bits per heavy atom. The fraction of sp³-hybridized carbons (Fsp3) is 0.316. The van der Waals surface area contributed by atoms with Gasteiger partial charge in [0.15, 0.2) is 11.5 Å². The molecule has 3 rings (SSSR count). The third-order valence-corrected chi connectivity index (χ3v) is 4.47. The molecule has 2 aromatic carbocycles. The van der Waals surface area contributed by atoms with Gasteiger partial charge in [0, 0.05) is 22.3 Å². The number of amides is 1. The smallest absolute Gasteiger partial charge is 0.258 e. The monoisotopic (exact) mass is 389 g/mol. The number of nitrogens with zero attached hydrogens (tertiary/aromatic N) is 1. The van der Waals surface area contributed by atoms with E-state index in [1.165, 1.54) is 5.56 Å². The minimum absolute atomic E-state index is 0.0177. The number of hydrogen-bond acceptors (Lipinski definition) is 3. The van der Waals surface area contributed by atoms with E-state index in [9.17, 15) is 4.79 Å². The van der Waals surface area contributed by atoms with Crippen LogP contribution in [-0.2, 0) is 6.42 Å². The summed E-state index contributed by atoms with van der Waals surface area (Å²) >= 11 is 3.48. The number of ether oxygens (including phenoxy) is 2. The van der Waals surface area contributed by atoms with Crippen molar-refractivity contribution in [2.45, 2.75) is 20.3 Å². The predicted molar refractivity (Wildman–Crippen MR) is 98.3 cm³/mol.